The van der Waals surface area contributed by atoms with E-state index in [1.807, 2.05) is 0 Å². The van der Waals surface area contributed by atoms with Gasteiger partial charge in [0.05, 0.1) is 31.8 Å². The normalized spacial score (nSPS) is 10.1. The van der Waals surface area contributed by atoms with E-state index in [1.54, 1.807) is 25.3 Å². The van der Waals surface area contributed by atoms with Gasteiger partial charge in [-0.1, -0.05) is 0 Å². The van der Waals surface area contributed by atoms with Crippen molar-refractivity contribution in [3.63, 3.8) is 0 Å². The van der Waals surface area contributed by atoms with Crippen LogP contribution in [0.4, 0.5) is 5.69 Å². The average molecular weight is 361 g/mol. The van der Waals surface area contributed by atoms with E-state index in [9.17, 15) is 14.9 Å². The highest BCUT2D eigenvalue weighted by Gasteiger charge is 2.24. The summed E-state index contributed by atoms with van der Waals surface area (Å²) in [6.45, 7) is 2.21. The van der Waals surface area contributed by atoms with Crippen molar-refractivity contribution in [3.8, 4) is 17.4 Å². The van der Waals surface area contributed by atoms with Gasteiger partial charge in [0, 0.05) is 24.9 Å². The fourth-order valence-electron chi connectivity index (χ4n) is 2.26. The molecule has 1 aromatic carbocycles. The zero-order valence-electron chi connectivity index (χ0n) is 14.6. The van der Waals surface area contributed by atoms with Gasteiger partial charge in [-0.25, -0.2) is 4.98 Å². The molecule has 9 nitrogen and oxygen atoms in total. The summed E-state index contributed by atoms with van der Waals surface area (Å²) < 4.78 is 15.5. The molecule has 0 aliphatic carbocycles. The molecular weight excluding hydrogens is 342 g/mol. The van der Waals surface area contributed by atoms with E-state index in [-0.39, 0.29) is 29.3 Å². The minimum atomic E-state index is -0.633. The van der Waals surface area contributed by atoms with E-state index in [2.05, 4.69) is 10.3 Å². The molecule has 26 heavy (non-hydrogen) atoms. The Labute approximate surface area is 150 Å². The van der Waals surface area contributed by atoms with Gasteiger partial charge >= 0.3 is 0 Å². The van der Waals surface area contributed by atoms with Gasteiger partial charge in [-0.2, -0.15) is 0 Å². The van der Waals surface area contributed by atoms with E-state index in [1.165, 1.54) is 26.4 Å². The molecule has 0 unspecified atom stereocenters. The molecule has 138 valence electrons. The van der Waals surface area contributed by atoms with Gasteiger partial charge in [-0.3, -0.25) is 14.9 Å². The first-order valence-electron chi connectivity index (χ1n) is 7.76. The summed E-state index contributed by atoms with van der Waals surface area (Å²) in [6.07, 6.45) is 1.54. The van der Waals surface area contributed by atoms with Crippen molar-refractivity contribution < 1.29 is 23.9 Å². The molecular formula is C17H19N3O6. The van der Waals surface area contributed by atoms with E-state index < -0.39 is 10.8 Å². The zero-order chi connectivity index (χ0) is 19.1. The van der Waals surface area contributed by atoms with E-state index >= 15 is 0 Å². The van der Waals surface area contributed by atoms with Gasteiger partial charge in [0.25, 0.3) is 11.6 Å². The highest BCUT2D eigenvalue weighted by Crippen LogP contribution is 2.34. The molecule has 1 heterocycles. The standard InChI is InChI=1S/C17H19N3O6/c1-4-26-15-9-13(20(22)23)12(8-14(15)24-2)17(21)19-10-11-5-6-18-16(7-11)25-3/h5-9H,4,10H2,1-3H3,(H,19,21). The largest absolute Gasteiger partial charge is 0.493 e. The van der Waals surface area contributed by atoms with Crippen LogP contribution in [0.1, 0.15) is 22.8 Å². The number of carbonyl (C=O) groups excluding carboxylic acids is 1. The number of nitrogens with one attached hydrogen (secondary N) is 1. The van der Waals surface area contributed by atoms with Crippen LogP contribution in [0.15, 0.2) is 30.5 Å². The molecule has 0 aliphatic heterocycles. The number of hydrogen-bond acceptors (Lipinski definition) is 7. The Balaban J connectivity index is 2.27. The number of rotatable bonds is 8. The average Bonchev–Trinajstić information content (AvgIpc) is 2.66. The van der Waals surface area contributed by atoms with Crippen LogP contribution < -0.4 is 19.5 Å². The molecule has 2 aromatic rings. The maximum absolute atomic E-state index is 12.5. The summed E-state index contributed by atoms with van der Waals surface area (Å²) in [6, 6.07) is 5.85. The van der Waals surface area contributed by atoms with Crippen LogP contribution in [0.25, 0.3) is 0 Å². The second kappa shape index (κ2) is 8.65. The molecule has 0 spiro atoms. The Kier molecular flexibility index (Phi) is 6.31. The Morgan fingerprint density at radius 3 is 2.62 bits per heavy atom. The summed E-state index contributed by atoms with van der Waals surface area (Å²) in [7, 11) is 2.88. The Morgan fingerprint density at radius 2 is 2.00 bits per heavy atom. The number of benzene rings is 1. The second-order valence-electron chi connectivity index (χ2n) is 5.10. The quantitative estimate of drug-likeness (QED) is 0.567. The van der Waals surface area contributed by atoms with Crippen molar-refractivity contribution in [1.29, 1.82) is 0 Å². The van der Waals surface area contributed by atoms with Crippen LogP contribution in [0.5, 0.6) is 17.4 Å². The summed E-state index contributed by atoms with van der Waals surface area (Å²) in [5.41, 5.74) is 0.265. The van der Waals surface area contributed by atoms with Crippen molar-refractivity contribution in [2.45, 2.75) is 13.5 Å². The summed E-state index contributed by atoms with van der Waals surface area (Å²) in [4.78, 5) is 27.2. The van der Waals surface area contributed by atoms with Gasteiger partial charge in [0.2, 0.25) is 5.88 Å². The first-order valence-corrected chi connectivity index (χ1v) is 7.76. The minimum absolute atomic E-state index is 0.115. The van der Waals surface area contributed by atoms with Crippen molar-refractivity contribution in [2.24, 2.45) is 0 Å². The van der Waals surface area contributed by atoms with Gasteiger partial charge in [0.1, 0.15) is 5.56 Å². The Morgan fingerprint density at radius 1 is 1.23 bits per heavy atom. The number of nitrogens with zero attached hydrogens (tertiary/aromatic N) is 2. The van der Waals surface area contributed by atoms with Gasteiger partial charge in [0.15, 0.2) is 11.5 Å². The second-order valence-corrected chi connectivity index (χ2v) is 5.10. The molecule has 9 heteroatoms. The monoisotopic (exact) mass is 361 g/mol. The topological polar surface area (TPSA) is 113 Å². The minimum Gasteiger partial charge on any atom is -0.493 e. The molecule has 0 aliphatic rings. The lowest BCUT2D eigenvalue weighted by Crippen LogP contribution is -2.24. The number of pyridine rings is 1. The molecule has 0 fully saturated rings. The molecule has 1 aromatic heterocycles. The third kappa shape index (κ3) is 4.38. The lowest BCUT2D eigenvalue weighted by atomic mass is 10.1. The molecule has 1 amide bonds. The predicted octanol–water partition coefficient (Wildman–Crippen LogP) is 2.34. The molecule has 0 atom stereocenters. The van der Waals surface area contributed by atoms with Crippen molar-refractivity contribution in [2.75, 3.05) is 20.8 Å². The number of aromatic nitrogens is 1. The van der Waals surface area contributed by atoms with Crippen LogP contribution in [0, 0.1) is 10.1 Å². The van der Waals surface area contributed by atoms with Gasteiger partial charge in [-0.05, 0) is 18.6 Å². The predicted molar refractivity (Wildman–Crippen MR) is 92.8 cm³/mol. The third-order valence-electron chi connectivity index (χ3n) is 3.48. The number of methoxy groups -OCH3 is 2. The number of amides is 1. The molecule has 0 radical (unpaired) electrons. The zero-order valence-corrected chi connectivity index (χ0v) is 14.6. The maximum Gasteiger partial charge on any atom is 0.286 e. The third-order valence-corrected chi connectivity index (χ3v) is 3.48. The molecule has 1 N–H and O–H groups in total. The van der Waals surface area contributed by atoms with Crippen LogP contribution in [-0.4, -0.2) is 36.6 Å². The Bertz CT molecular complexity index is 809. The molecule has 2 rings (SSSR count). The van der Waals surface area contributed by atoms with Gasteiger partial charge in [-0.15, -0.1) is 0 Å². The molecule has 0 saturated carbocycles. The highest BCUT2D eigenvalue weighted by atomic mass is 16.6. The van der Waals surface area contributed by atoms with Gasteiger partial charge < -0.3 is 19.5 Å². The van der Waals surface area contributed by atoms with Crippen LogP contribution in [-0.2, 0) is 6.54 Å². The lowest BCUT2D eigenvalue weighted by Gasteiger charge is -2.12. The number of hydrogen-bond donors (Lipinski definition) is 1. The first-order chi connectivity index (χ1) is 12.5. The van der Waals surface area contributed by atoms with Crippen LogP contribution >= 0.6 is 0 Å². The smallest absolute Gasteiger partial charge is 0.286 e. The summed E-state index contributed by atoms with van der Waals surface area (Å²) in [5.74, 6) is 0.254. The number of carbonyl (C=O) groups is 1. The SMILES string of the molecule is CCOc1cc([N+](=O)[O-])c(C(=O)NCc2ccnc(OC)c2)cc1OC. The van der Waals surface area contributed by atoms with E-state index in [0.717, 1.165) is 5.56 Å². The number of nitro benzene ring substituents is 1. The summed E-state index contributed by atoms with van der Waals surface area (Å²) in [5, 5.41) is 14.0. The fourth-order valence-corrected chi connectivity index (χ4v) is 2.26. The Hall–Kier alpha value is -3.36. The maximum atomic E-state index is 12.5. The van der Waals surface area contributed by atoms with Crippen LogP contribution in [0.2, 0.25) is 0 Å². The fraction of sp³-hybridized carbons (Fsp3) is 0.294. The molecule has 0 bridgehead atoms. The highest BCUT2D eigenvalue weighted by molar-refractivity contribution is 5.99. The lowest BCUT2D eigenvalue weighted by molar-refractivity contribution is -0.385. The van der Waals surface area contributed by atoms with Crippen molar-refractivity contribution in [3.05, 3.63) is 51.7 Å². The van der Waals surface area contributed by atoms with E-state index in [0.29, 0.717) is 12.5 Å². The van der Waals surface area contributed by atoms with Crippen LogP contribution in [0.3, 0.4) is 0 Å². The number of nitro groups is 1. The molecule has 0 saturated heterocycles. The summed E-state index contributed by atoms with van der Waals surface area (Å²) >= 11 is 0. The van der Waals surface area contributed by atoms with Crippen molar-refractivity contribution in [1.82, 2.24) is 10.3 Å². The first kappa shape index (κ1) is 19.0. The number of ether oxygens (including phenoxy) is 3. The van der Waals surface area contributed by atoms with E-state index in [4.69, 9.17) is 14.2 Å². The van der Waals surface area contributed by atoms with Crippen molar-refractivity contribution >= 4 is 11.6 Å².